The van der Waals surface area contributed by atoms with Crippen LogP contribution in [-0.2, 0) is 4.74 Å². The first-order valence-corrected chi connectivity index (χ1v) is 8.78. The minimum absolute atomic E-state index is 0.0506. The van der Waals surface area contributed by atoms with Crippen molar-refractivity contribution in [3.63, 3.8) is 0 Å². The first-order chi connectivity index (χ1) is 12.4. The number of rotatable bonds is 5. The average Bonchev–Trinajstić information content (AvgIpc) is 2.62. The van der Waals surface area contributed by atoms with E-state index in [0.29, 0.717) is 29.3 Å². The number of aromatic nitrogens is 2. The molecule has 0 saturated carbocycles. The number of benzene rings is 1. The number of ether oxygens (including phenoxy) is 2. The minimum atomic E-state index is 0.0506. The summed E-state index contributed by atoms with van der Waals surface area (Å²) >= 11 is 0. The summed E-state index contributed by atoms with van der Waals surface area (Å²) in [7, 11) is 0. The van der Waals surface area contributed by atoms with Gasteiger partial charge in [0, 0.05) is 30.4 Å². The summed E-state index contributed by atoms with van der Waals surface area (Å²) in [5.74, 6) is 1.48. The van der Waals surface area contributed by atoms with Gasteiger partial charge in [0.2, 0.25) is 0 Å². The highest BCUT2D eigenvalue weighted by atomic mass is 16.5. The molecule has 2 heterocycles. The highest BCUT2D eigenvalue weighted by Gasteiger charge is 2.20. The van der Waals surface area contributed by atoms with E-state index in [1.165, 1.54) is 6.33 Å². The maximum absolute atomic E-state index is 8.57. The van der Waals surface area contributed by atoms with E-state index in [2.05, 4.69) is 14.9 Å². The van der Waals surface area contributed by atoms with Crippen molar-refractivity contribution in [3.05, 3.63) is 41.9 Å². The quantitative estimate of drug-likeness (QED) is 0.632. The molecular formula is C19H25N5O2. The molecule has 0 unspecified atom stereocenters. The molecule has 0 aliphatic carbocycles. The molecule has 2 aromatic rings. The number of nitrogens with two attached hydrogens (primary N) is 1. The third kappa shape index (κ3) is 4.11. The molecule has 0 amide bonds. The Kier molecular flexibility index (Phi) is 5.37. The van der Waals surface area contributed by atoms with Crippen molar-refractivity contribution in [1.82, 2.24) is 9.97 Å². The normalized spacial score (nSPS) is 17.4. The Hall–Kier alpha value is -2.67. The van der Waals surface area contributed by atoms with Gasteiger partial charge in [0.1, 0.15) is 17.9 Å². The second kappa shape index (κ2) is 7.70. The summed E-state index contributed by atoms with van der Waals surface area (Å²) < 4.78 is 11.3. The molecule has 7 heteroatoms. The average molecular weight is 355 g/mol. The number of nitrogen functional groups attached to an aromatic ring is 1. The fourth-order valence-electron chi connectivity index (χ4n) is 2.92. The molecule has 1 aliphatic rings. The van der Waals surface area contributed by atoms with E-state index in [1.807, 2.05) is 32.9 Å². The first kappa shape index (κ1) is 18.1. The van der Waals surface area contributed by atoms with E-state index in [9.17, 15) is 0 Å². The molecule has 1 fully saturated rings. The van der Waals surface area contributed by atoms with Gasteiger partial charge in [-0.05, 0) is 39.0 Å². The molecule has 7 nitrogen and oxygen atoms in total. The molecule has 0 radical (unpaired) electrons. The Labute approximate surface area is 153 Å². The second-order valence-corrected chi connectivity index (χ2v) is 6.68. The zero-order valence-electron chi connectivity index (χ0n) is 15.4. The van der Waals surface area contributed by atoms with Gasteiger partial charge in [-0.2, -0.15) is 0 Å². The van der Waals surface area contributed by atoms with Crippen molar-refractivity contribution in [2.75, 3.05) is 30.3 Å². The van der Waals surface area contributed by atoms with Crippen LogP contribution in [0.5, 0.6) is 5.75 Å². The Balaban J connectivity index is 1.87. The first-order valence-electron chi connectivity index (χ1n) is 8.78. The Bertz CT molecular complexity index is 793. The molecule has 138 valence electrons. The SMILES string of the molecule is CC(C)Oc1ccc(N)c(C(=N)c2cc(N3CCO[C@@H](C)C3)ncn2)c1. The molecule has 1 atom stereocenters. The largest absolute Gasteiger partial charge is 0.491 e. The molecule has 26 heavy (non-hydrogen) atoms. The van der Waals surface area contributed by atoms with Gasteiger partial charge in [0.25, 0.3) is 0 Å². The van der Waals surface area contributed by atoms with Crippen LogP contribution in [0.3, 0.4) is 0 Å². The number of anilines is 2. The molecule has 1 aliphatic heterocycles. The van der Waals surface area contributed by atoms with Crippen molar-refractivity contribution in [2.45, 2.75) is 33.0 Å². The van der Waals surface area contributed by atoms with Crippen LogP contribution in [0.25, 0.3) is 0 Å². The molecule has 3 N–H and O–H groups in total. The van der Waals surface area contributed by atoms with Crippen LogP contribution in [0, 0.1) is 5.41 Å². The van der Waals surface area contributed by atoms with Crippen LogP contribution in [-0.4, -0.2) is 47.6 Å². The maximum Gasteiger partial charge on any atom is 0.132 e. The second-order valence-electron chi connectivity index (χ2n) is 6.68. The molecule has 0 spiro atoms. The third-order valence-corrected chi connectivity index (χ3v) is 4.14. The van der Waals surface area contributed by atoms with Crippen molar-refractivity contribution >= 4 is 17.2 Å². The van der Waals surface area contributed by atoms with Gasteiger partial charge in [0.15, 0.2) is 0 Å². The summed E-state index contributed by atoms with van der Waals surface area (Å²) in [5, 5.41) is 8.57. The lowest BCUT2D eigenvalue weighted by Crippen LogP contribution is -2.41. The van der Waals surface area contributed by atoms with Crippen LogP contribution in [0.1, 0.15) is 32.0 Å². The zero-order valence-corrected chi connectivity index (χ0v) is 15.4. The maximum atomic E-state index is 8.57. The molecule has 0 bridgehead atoms. The zero-order chi connectivity index (χ0) is 18.7. The fourth-order valence-corrected chi connectivity index (χ4v) is 2.92. The Morgan fingerprint density at radius 1 is 1.35 bits per heavy atom. The van der Waals surface area contributed by atoms with E-state index in [0.717, 1.165) is 18.9 Å². The smallest absolute Gasteiger partial charge is 0.132 e. The Morgan fingerprint density at radius 2 is 2.15 bits per heavy atom. The van der Waals surface area contributed by atoms with Gasteiger partial charge in [-0.15, -0.1) is 0 Å². The summed E-state index contributed by atoms with van der Waals surface area (Å²) in [6, 6.07) is 7.19. The predicted molar refractivity (Wildman–Crippen MR) is 102 cm³/mol. The summed E-state index contributed by atoms with van der Waals surface area (Å²) in [4.78, 5) is 10.8. The number of nitrogens with zero attached hydrogens (tertiary/aromatic N) is 3. The van der Waals surface area contributed by atoms with E-state index < -0.39 is 0 Å². The molecular weight excluding hydrogens is 330 g/mol. The van der Waals surface area contributed by atoms with Crippen molar-refractivity contribution in [2.24, 2.45) is 0 Å². The van der Waals surface area contributed by atoms with Crippen LogP contribution >= 0.6 is 0 Å². The van der Waals surface area contributed by atoms with Crippen LogP contribution < -0.4 is 15.4 Å². The van der Waals surface area contributed by atoms with Crippen molar-refractivity contribution in [3.8, 4) is 5.75 Å². The summed E-state index contributed by atoms with van der Waals surface area (Å²) in [6.45, 7) is 8.16. The van der Waals surface area contributed by atoms with Gasteiger partial charge in [0.05, 0.1) is 30.2 Å². The lowest BCUT2D eigenvalue weighted by molar-refractivity contribution is 0.0529. The standard InChI is InChI=1S/C19H25N5O2/c1-12(2)26-14-4-5-16(20)15(8-14)19(21)17-9-18(23-11-22-17)24-6-7-25-13(3)10-24/h4-5,8-9,11-13,21H,6-7,10,20H2,1-3H3/t13-/m0/s1. The van der Waals surface area contributed by atoms with Crippen molar-refractivity contribution in [1.29, 1.82) is 5.41 Å². The lowest BCUT2D eigenvalue weighted by Gasteiger charge is -2.32. The summed E-state index contributed by atoms with van der Waals surface area (Å²) in [5.41, 5.74) is 7.99. The van der Waals surface area contributed by atoms with Crippen LogP contribution in [0.4, 0.5) is 11.5 Å². The van der Waals surface area contributed by atoms with Gasteiger partial charge in [-0.3, -0.25) is 5.41 Å². The Morgan fingerprint density at radius 3 is 2.88 bits per heavy atom. The molecule has 1 aromatic carbocycles. The lowest BCUT2D eigenvalue weighted by atomic mass is 10.0. The number of morpholine rings is 1. The third-order valence-electron chi connectivity index (χ3n) is 4.14. The summed E-state index contributed by atoms with van der Waals surface area (Å²) in [6.07, 6.45) is 1.70. The molecule has 1 saturated heterocycles. The number of hydrogen-bond donors (Lipinski definition) is 2. The van der Waals surface area contributed by atoms with E-state index >= 15 is 0 Å². The highest BCUT2D eigenvalue weighted by molar-refractivity contribution is 6.13. The number of hydrogen-bond acceptors (Lipinski definition) is 7. The number of nitrogens with one attached hydrogen (secondary N) is 1. The van der Waals surface area contributed by atoms with Gasteiger partial charge in [-0.25, -0.2) is 9.97 Å². The van der Waals surface area contributed by atoms with E-state index in [-0.39, 0.29) is 17.9 Å². The van der Waals surface area contributed by atoms with Gasteiger partial charge >= 0.3 is 0 Å². The minimum Gasteiger partial charge on any atom is -0.491 e. The van der Waals surface area contributed by atoms with Crippen molar-refractivity contribution < 1.29 is 9.47 Å². The topological polar surface area (TPSA) is 97.4 Å². The monoisotopic (exact) mass is 355 g/mol. The highest BCUT2D eigenvalue weighted by Crippen LogP contribution is 2.24. The van der Waals surface area contributed by atoms with E-state index in [1.54, 1.807) is 12.1 Å². The predicted octanol–water partition coefficient (Wildman–Crippen LogP) is 2.49. The van der Waals surface area contributed by atoms with E-state index in [4.69, 9.17) is 20.6 Å². The van der Waals surface area contributed by atoms with Gasteiger partial charge < -0.3 is 20.1 Å². The van der Waals surface area contributed by atoms with Gasteiger partial charge in [-0.1, -0.05) is 0 Å². The molecule has 3 rings (SSSR count). The van der Waals surface area contributed by atoms with Crippen LogP contribution in [0.2, 0.25) is 0 Å². The van der Waals surface area contributed by atoms with Crippen LogP contribution in [0.15, 0.2) is 30.6 Å². The molecule has 1 aromatic heterocycles. The fraction of sp³-hybridized carbons (Fsp3) is 0.421.